The number of nitrogen functional groups attached to an aromatic ring is 1. The molecule has 1 aliphatic carbocycles. The van der Waals surface area contributed by atoms with Gasteiger partial charge in [-0.15, -0.1) is 0 Å². The van der Waals surface area contributed by atoms with E-state index in [1.165, 1.54) is 31.2 Å². The lowest BCUT2D eigenvalue weighted by Crippen LogP contribution is -2.00. The Balaban J connectivity index is 1.95. The molecule has 0 aromatic heterocycles. The Morgan fingerprint density at radius 1 is 1.00 bits per heavy atom. The third-order valence-corrected chi connectivity index (χ3v) is 5.18. The van der Waals surface area contributed by atoms with E-state index in [0.717, 1.165) is 29.2 Å². The summed E-state index contributed by atoms with van der Waals surface area (Å²) < 4.78 is 0. The minimum absolute atomic E-state index is 0.565. The molecule has 3 rings (SSSR count). The highest BCUT2D eigenvalue weighted by Crippen LogP contribution is 2.37. The third kappa shape index (κ3) is 3.20. The molecule has 3 heteroatoms. The minimum atomic E-state index is 0.565. The quantitative estimate of drug-likeness (QED) is 0.692. The first kappa shape index (κ1) is 14.7. The standard InChI is InChI=1S/C18H19Cl2N/c19-16-7-3-6-14(18(16)20)15-11-13(8-9-17(15)21)10-12-4-1-2-5-12/h3,6-9,11-12H,1-2,4-5,10,21H2. The molecular weight excluding hydrogens is 301 g/mol. The van der Waals surface area contributed by atoms with Gasteiger partial charge in [-0.3, -0.25) is 0 Å². The molecule has 0 heterocycles. The summed E-state index contributed by atoms with van der Waals surface area (Å²) in [6.45, 7) is 0. The molecule has 0 aliphatic heterocycles. The zero-order chi connectivity index (χ0) is 14.8. The summed E-state index contributed by atoms with van der Waals surface area (Å²) in [6.07, 6.45) is 6.56. The molecule has 1 nitrogen and oxygen atoms in total. The maximum absolute atomic E-state index is 6.33. The predicted octanol–water partition coefficient (Wildman–Crippen LogP) is 5.98. The second-order valence-corrected chi connectivity index (χ2v) is 6.66. The van der Waals surface area contributed by atoms with Gasteiger partial charge in [-0.25, -0.2) is 0 Å². The molecule has 1 fully saturated rings. The Morgan fingerprint density at radius 3 is 2.52 bits per heavy atom. The Hall–Kier alpha value is -1.18. The smallest absolute Gasteiger partial charge is 0.0671 e. The van der Waals surface area contributed by atoms with Crippen molar-refractivity contribution in [2.75, 3.05) is 5.73 Å². The monoisotopic (exact) mass is 319 g/mol. The molecular formula is C18H19Cl2N. The highest BCUT2D eigenvalue weighted by molar-refractivity contribution is 6.43. The number of halogens is 2. The van der Waals surface area contributed by atoms with Gasteiger partial charge in [0.25, 0.3) is 0 Å². The minimum Gasteiger partial charge on any atom is -0.398 e. The van der Waals surface area contributed by atoms with E-state index in [1.54, 1.807) is 6.07 Å². The molecule has 0 saturated heterocycles. The average Bonchev–Trinajstić information content (AvgIpc) is 2.97. The predicted molar refractivity (Wildman–Crippen MR) is 92.0 cm³/mol. The SMILES string of the molecule is Nc1ccc(CC2CCCC2)cc1-c1cccc(Cl)c1Cl. The molecule has 0 radical (unpaired) electrons. The zero-order valence-corrected chi connectivity index (χ0v) is 13.4. The summed E-state index contributed by atoms with van der Waals surface area (Å²) in [5.41, 5.74) is 10.1. The van der Waals surface area contributed by atoms with Gasteiger partial charge in [0.1, 0.15) is 0 Å². The van der Waals surface area contributed by atoms with Crippen molar-refractivity contribution in [2.45, 2.75) is 32.1 Å². The lowest BCUT2D eigenvalue weighted by Gasteiger charge is -2.13. The van der Waals surface area contributed by atoms with Gasteiger partial charge in [0.05, 0.1) is 10.0 Å². The summed E-state index contributed by atoms with van der Waals surface area (Å²) in [7, 11) is 0. The third-order valence-electron chi connectivity index (χ3n) is 4.36. The molecule has 2 aromatic carbocycles. The number of hydrogen-bond donors (Lipinski definition) is 1. The van der Waals surface area contributed by atoms with Crippen molar-refractivity contribution < 1.29 is 0 Å². The van der Waals surface area contributed by atoms with Crippen molar-refractivity contribution in [3.8, 4) is 11.1 Å². The highest BCUT2D eigenvalue weighted by Gasteiger charge is 2.16. The topological polar surface area (TPSA) is 26.0 Å². The van der Waals surface area contributed by atoms with Crippen LogP contribution in [0.25, 0.3) is 11.1 Å². The lowest BCUT2D eigenvalue weighted by molar-refractivity contribution is 0.546. The summed E-state index contributed by atoms with van der Waals surface area (Å²) in [5, 5.41) is 1.14. The van der Waals surface area contributed by atoms with Crippen LogP contribution in [0.15, 0.2) is 36.4 Å². The van der Waals surface area contributed by atoms with E-state index in [1.807, 2.05) is 18.2 Å². The summed E-state index contributed by atoms with van der Waals surface area (Å²) in [5.74, 6) is 0.816. The van der Waals surface area contributed by atoms with Gasteiger partial charge in [-0.1, -0.05) is 67.1 Å². The number of rotatable bonds is 3. The number of anilines is 1. The van der Waals surface area contributed by atoms with E-state index in [0.29, 0.717) is 10.0 Å². The number of hydrogen-bond acceptors (Lipinski definition) is 1. The van der Waals surface area contributed by atoms with Crippen molar-refractivity contribution in [2.24, 2.45) is 5.92 Å². The maximum atomic E-state index is 6.33. The van der Waals surface area contributed by atoms with E-state index in [-0.39, 0.29) is 0 Å². The van der Waals surface area contributed by atoms with Gasteiger partial charge in [-0.2, -0.15) is 0 Å². The van der Waals surface area contributed by atoms with Crippen LogP contribution in [0.2, 0.25) is 10.0 Å². The molecule has 0 spiro atoms. The molecule has 2 N–H and O–H groups in total. The van der Waals surface area contributed by atoms with Crippen LogP contribution in [0.4, 0.5) is 5.69 Å². The fourth-order valence-electron chi connectivity index (χ4n) is 3.22. The van der Waals surface area contributed by atoms with Crippen LogP contribution in [0.3, 0.4) is 0 Å². The van der Waals surface area contributed by atoms with Crippen molar-refractivity contribution >= 4 is 28.9 Å². The van der Waals surface area contributed by atoms with Gasteiger partial charge in [0.15, 0.2) is 0 Å². The van der Waals surface area contributed by atoms with Crippen LogP contribution >= 0.6 is 23.2 Å². The molecule has 0 bridgehead atoms. The number of benzene rings is 2. The summed E-state index contributed by atoms with van der Waals surface area (Å²) in [6, 6.07) is 12.0. The first-order valence-electron chi connectivity index (χ1n) is 7.48. The number of nitrogens with two attached hydrogens (primary N) is 1. The van der Waals surface area contributed by atoms with Crippen LogP contribution in [0.1, 0.15) is 31.2 Å². The molecule has 0 amide bonds. The Kier molecular flexibility index (Phi) is 4.42. The van der Waals surface area contributed by atoms with Crippen LogP contribution in [-0.4, -0.2) is 0 Å². The van der Waals surface area contributed by atoms with Gasteiger partial charge >= 0.3 is 0 Å². The van der Waals surface area contributed by atoms with Crippen LogP contribution < -0.4 is 5.73 Å². The molecule has 0 unspecified atom stereocenters. The lowest BCUT2D eigenvalue weighted by atomic mass is 9.94. The molecule has 1 saturated carbocycles. The van der Waals surface area contributed by atoms with Gasteiger partial charge in [0.2, 0.25) is 0 Å². The van der Waals surface area contributed by atoms with E-state index in [9.17, 15) is 0 Å². The average molecular weight is 320 g/mol. The Bertz CT molecular complexity index is 646. The fraction of sp³-hybridized carbons (Fsp3) is 0.333. The van der Waals surface area contributed by atoms with Crippen molar-refractivity contribution in [1.82, 2.24) is 0 Å². The fourth-order valence-corrected chi connectivity index (χ4v) is 3.63. The molecule has 2 aromatic rings. The second kappa shape index (κ2) is 6.29. The van der Waals surface area contributed by atoms with Crippen molar-refractivity contribution in [3.05, 3.63) is 52.0 Å². The van der Waals surface area contributed by atoms with Crippen LogP contribution in [0, 0.1) is 5.92 Å². The molecule has 1 aliphatic rings. The summed E-state index contributed by atoms with van der Waals surface area (Å²) in [4.78, 5) is 0. The first-order chi connectivity index (χ1) is 10.1. The molecule has 0 atom stereocenters. The first-order valence-corrected chi connectivity index (χ1v) is 8.23. The molecule has 21 heavy (non-hydrogen) atoms. The van der Waals surface area contributed by atoms with E-state index < -0.39 is 0 Å². The molecule has 110 valence electrons. The highest BCUT2D eigenvalue weighted by atomic mass is 35.5. The van der Waals surface area contributed by atoms with Gasteiger partial charge in [0, 0.05) is 16.8 Å². The van der Waals surface area contributed by atoms with Crippen LogP contribution in [0.5, 0.6) is 0 Å². The normalized spacial score (nSPS) is 15.5. The van der Waals surface area contributed by atoms with E-state index >= 15 is 0 Å². The zero-order valence-electron chi connectivity index (χ0n) is 11.9. The largest absolute Gasteiger partial charge is 0.398 e. The summed E-state index contributed by atoms with van der Waals surface area (Å²) >= 11 is 12.5. The Morgan fingerprint density at radius 2 is 1.76 bits per heavy atom. The van der Waals surface area contributed by atoms with Crippen LogP contribution in [-0.2, 0) is 6.42 Å². The van der Waals surface area contributed by atoms with E-state index in [4.69, 9.17) is 28.9 Å². The van der Waals surface area contributed by atoms with Crippen molar-refractivity contribution in [1.29, 1.82) is 0 Å². The second-order valence-electron chi connectivity index (χ2n) is 5.88. The van der Waals surface area contributed by atoms with Gasteiger partial charge in [-0.05, 0) is 36.1 Å². The van der Waals surface area contributed by atoms with Crippen molar-refractivity contribution in [3.63, 3.8) is 0 Å². The van der Waals surface area contributed by atoms with Gasteiger partial charge < -0.3 is 5.73 Å². The Labute approximate surface area is 136 Å². The van der Waals surface area contributed by atoms with E-state index in [2.05, 4.69) is 12.1 Å². The maximum Gasteiger partial charge on any atom is 0.0671 e.